The van der Waals surface area contributed by atoms with E-state index >= 15 is 0 Å². The topological polar surface area (TPSA) is 73.0 Å². The zero-order valence-electron chi connectivity index (χ0n) is 14.5. The van der Waals surface area contributed by atoms with Crippen LogP contribution in [0.4, 0.5) is 0 Å². The standard InChI is InChI=1S/C18H23N5O2/c1-21-15(9-19-10-18(21)25)11-22-7-3-5-14(22)12-23-17(24)8-13-4-2-6-16(13)20-23/h8-10,14H,2-7,11-12H2,1H3. The fourth-order valence-electron chi connectivity index (χ4n) is 3.94. The van der Waals surface area contributed by atoms with Crippen LogP contribution in [0, 0.1) is 0 Å². The number of aryl methyl sites for hydroxylation is 2. The second kappa shape index (κ2) is 6.55. The SMILES string of the molecule is Cn1c(CN2CCCC2Cn2nc3c(cc2=O)CCC3)cncc1=O. The Morgan fingerprint density at radius 1 is 1.16 bits per heavy atom. The van der Waals surface area contributed by atoms with Crippen LogP contribution >= 0.6 is 0 Å². The highest BCUT2D eigenvalue weighted by atomic mass is 16.1. The van der Waals surface area contributed by atoms with E-state index in [0.717, 1.165) is 55.6 Å². The van der Waals surface area contributed by atoms with E-state index in [-0.39, 0.29) is 17.2 Å². The third-order valence-corrected chi connectivity index (χ3v) is 5.44. The fourth-order valence-corrected chi connectivity index (χ4v) is 3.94. The van der Waals surface area contributed by atoms with Crippen LogP contribution in [0.3, 0.4) is 0 Å². The van der Waals surface area contributed by atoms with Crippen LogP contribution in [0.15, 0.2) is 28.0 Å². The summed E-state index contributed by atoms with van der Waals surface area (Å²) in [7, 11) is 1.77. The highest BCUT2D eigenvalue weighted by Gasteiger charge is 2.27. The molecule has 1 unspecified atom stereocenters. The smallest absolute Gasteiger partial charge is 0.268 e. The number of fused-ring (bicyclic) bond motifs is 1. The summed E-state index contributed by atoms with van der Waals surface area (Å²) in [6.07, 6.45) is 8.26. The average Bonchev–Trinajstić information content (AvgIpc) is 3.21. The van der Waals surface area contributed by atoms with Crippen molar-refractivity contribution in [2.24, 2.45) is 7.05 Å². The molecule has 2 aromatic heterocycles. The molecule has 132 valence electrons. The van der Waals surface area contributed by atoms with E-state index in [2.05, 4.69) is 15.0 Å². The Balaban J connectivity index is 1.53. The molecule has 0 spiro atoms. The molecular formula is C18H23N5O2. The lowest BCUT2D eigenvalue weighted by atomic mass is 10.2. The van der Waals surface area contributed by atoms with Gasteiger partial charge in [-0.05, 0) is 44.2 Å². The number of hydrogen-bond acceptors (Lipinski definition) is 5. The van der Waals surface area contributed by atoms with Crippen LogP contribution in [0.25, 0.3) is 0 Å². The molecule has 4 rings (SSSR count). The number of likely N-dealkylation sites (tertiary alicyclic amines) is 1. The van der Waals surface area contributed by atoms with Gasteiger partial charge in [-0.3, -0.25) is 19.5 Å². The van der Waals surface area contributed by atoms with Crippen molar-refractivity contribution in [2.75, 3.05) is 6.54 Å². The Bertz CT molecular complexity index is 901. The molecule has 7 heteroatoms. The van der Waals surface area contributed by atoms with Crippen molar-refractivity contribution in [3.63, 3.8) is 0 Å². The molecule has 0 N–H and O–H groups in total. The number of hydrogen-bond donors (Lipinski definition) is 0. The summed E-state index contributed by atoms with van der Waals surface area (Å²) in [5.74, 6) is 0. The maximum Gasteiger partial charge on any atom is 0.268 e. The molecule has 0 aromatic carbocycles. The Kier molecular flexibility index (Phi) is 4.25. The van der Waals surface area contributed by atoms with Gasteiger partial charge in [0.05, 0.1) is 24.1 Å². The van der Waals surface area contributed by atoms with Crippen molar-refractivity contribution in [3.05, 3.63) is 56.1 Å². The molecule has 7 nitrogen and oxygen atoms in total. The van der Waals surface area contributed by atoms with Crippen molar-refractivity contribution in [1.82, 2.24) is 24.2 Å². The zero-order valence-corrected chi connectivity index (χ0v) is 14.5. The Morgan fingerprint density at radius 2 is 2.04 bits per heavy atom. The van der Waals surface area contributed by atoms with Crippen LogP contribution in [-0.4, -0.2) is 36.8 Å². The van der Waals surface area contributed by atoms with Gasteiger partial charge in [0.15, 0.2) is 0 Å². The van der Waals surface area contributed by atoms with Crippen molar-refractivity contribution in [1.29, 1.82) is 0 Å². The first-order valence-electron chi connectivity index (χ1n) is 8.96. The summed E-state index contributed by atoms with van der Waals surface area (Å²) < 4.78 is 3.28. The molecule has 1 fully saturated rings. The first-order valence-corrected chi connectivity index (χ1v) is 8.96. The van der Waals surface area contributed by atoms with E-state index in [4.69, 9.17) is 0 Å². The minimum atomic E-state index is -0.0928. The maximum atomic E-state index is 12.4. The first-order chi connectivity index (χ1) is 12.1. The lowest BCUT2D eigenvalue weighted by molar-refractivity contribution is 0.211. The predicted octanol–water partition coefficient (Wildman–Crippen LogP) is 0.490. The summed E-state index contributed by atoms with van der Waals surface area (Å²) in [5, 5.41) is 4.60. The van der Waals surface area contributed by atoms with Crippen LogP contribution in [0.5, 0.6) is 0 Å². The van der Waals surface area contributed by atoms with Crippen LogP contribution in [-0.2, 0) is 33.0 Å². The molecule has 3 heterocycles. The fraction of sp³-hybridized carbons (Fsp3) is 0.556. The lowest BCUT2D eigenvalue weighted by Crippen LogP contribution is -2.38. The maximum absolute atomic E-state index is 12.4. The molecule has 1 aliphatic carbocycles. The Hall–Kier alpha value is -2.28. The van der Waals surface area contributed by atoms with Gasteiger partial charge in [-0.2, -0.15) is 5.10 Å². The molecule has 1 atom stereocenters. The van der Waals surface area contributed by atoms with Gasteiger partial charge in [-0.25, -0.2) is 4.68 Å². The largest absolute Gasteiger partial charge is 0.312 e. The van der Waals surface area contributed by atoms with Crippen LogP contribution in [0.2, 0.25) is 0 Å². The van der Waals surface area contributed by atoms with Gasteiger partial charge in [0.1, 0.15) is 0 Å². The Labute approximate surface area is 145 Å². The molecule has 25 heavy (non-hydrogen) atoms. The summed E-state index contributed by atoms with van der Waals surface area (Å²) in [4.78, 5) is 30.5. The molecule has 2 aromatic rings. The van der Waals surface area contributed by atoms with E-state index in [0.29, 0.717) is 13.1 Å². The Morgan fingerprint density at radius 3 is 2.92 bits per heavy atom. The van der Waals surface area contributed by atoms with Gasteiger partial charge in [-0.15, -0.1) is 0 Å². The summed E-state index contributed by atoms with van der Waals surface area (Å²) in [5.41, 5.74) is 3.01. The van der Waals surface area contributed by atoms with Gasteiger partial charge in [-0.1, -0.05) is 0 Å². The molecule has 0 saturated carbocycles. The summed E-state index contributed by atoms with van der Waals surface area (Å²) in [6, 6.07) is 2.03. The molecular weight excluding hydrogens is 318 g/mol. The van der Waals surface area contributed by atoms with E-state index in [1.165, 1.54) is 6.20 Å². The normalized spacial score (nSPS) is 20.1. The highest BCUT2D eigenvalue weighted by Crippen LogP contribution is 2.21. The predicted molar refractivity (Wildman–Crippen MR) is 93.4 cm³/mol. The second-order valence-corrected chi connectivity index (χ2v) is 7.05. The lowest BCUT2D eigenvalue weighted by Gasteiger charge is -2.25. The van der Waals surface area contributed by atoms with E-state index in [1.54, 1.807) is 28.6 Å². The van der Waals surface area contributed by atoms with E-state index in [9.17, 15) is 9.59 Å². The number of nitrogens with zero attached hydrogens (tertiary/aromatic N) is 5. The molecule has 0 radical (unpaired) electrons. The molecule has 0 amide bonds. The number of rotatable bonds is 4. The highest BCUT2D eigenvalue weighted by molar-refractivity contribution is 5.22. The van der Waals surface area contributed by atoms with E-state index < -0.39 is 0 Å². The zero-order chi connectivity index (χ0) is 17.4. The van der Waals surface area contributed by atoms with Gasteiger partial charge >= 0.3 is 0 Å². The van der Waals surface area contributed by atoms with Crippen LogP contribution < -0.4 is 11.1 Å². The third-order valence-electron chi connectivity index (χ3n) is 5.44. The van der Waals surface area contributed by atoms with Crippen molar-refractivity contribution < 1.29 is 0 Å². The van der Waals surface area contributed by atoms with Crippen LogP contribution in [0.1, 0.15) is 36.2 Å². The molecule has 2 aliphatic rings. The van der Waals surface area contributed by atoms with Crippen molar-refractivity contribution >= 4 is 0 Å². The van der Waals surface area contributed by atoms with Crippen molar-refractivity contribution in [2.45, 2.75) is 51.2 Å². The number of aromatic nitrogens is 4. The first kappa shape index (κ1) is 16.2. The molecule has 1 aliphatic heterocycles. The minimum absolute atomic E-state index is 0.00118. The minimum Gasteiger partial charge on any atom is -0.312 e. The average molecular weight is 341 g/mol. The monoisotopic (exact) mass is 341 g/mol. The third kappa shape index (κ3) is 3.16. The van der Waals surface area contributed by atoms with Gasteiger partial charge in [0.2, 0.25) is 0 Å². The molecule has 0 bridgehead atoms. The van der Waals surface area contributed by atoms with Gasteiger partial charge < -0.3 is 4.57 Å². The molecule has 1 saturated heterocycles. The van der Waals surface area contributed by atoms with Gasteiger partial charge in [0.25, 0.3) is 11.1 Å². The summed E-state index contributed by atoms with van der Waals surface area (Å²) in [6.45, 7) is 2.25. The quantitative estimate of drug-likeness (QED) is 0.809. The second-order valence-electron chi connectivity index (χ2n) is 7.05. The van der Waals surface area contributed by atoms with Gasteiger partial charge in [0, 0.05) is 31.9 Å². The van der Waals surface area contributed by atoms with E-state index in [1.807, 2.05) is 0 Å². The van der Waals surface area contributed by atoms with Crippen molar-refractivity contribution in [3.8, 4) is 0 Å². The summed E-state index contributed by atoms with van der Waals surface area (Å²) >= 11 is 0.